The van der Waals surface area contributed by atoms with Gasteiger partial charge in [0, 0.05) is 14.0 Å². The van der Waals surface area contributed by atoms with Crippen LogP contribution in [0.15, 0.2) is 25.3 Å². The maximum atomic E-state index is 11.2. The molecule has 1 aliphatic rings. The van der Waals surface area contributed by atoms with Crippen molar-refractivity contribution in [2.24, 2.45) is 0 Å². The molecule has 0 bridgehead atoms. The number of carbonyl (C=O) groups excluding carboxylic acids is 1. The number of rotatable bonds is 6. The molecule has 0 spiro atoms. The Morgan fingerprint density at radius 2 is 2.26 bits per heavy atom. The van der Waals surface area contributed by atoms with Gasteiger partial charge in [0.25, 0.3) is 0 Å². The minimum Gasteiger partial charge on any atom is -0.453 e. The molecule has 0 amide bonds. The van der Waals surface area contributed by atoms with Crippen LogP contribution >= 0.6 is 0 Å². The number of methoxy groups -OCH3 is 1. The van der Waals surface area contributed by atoms with E-state index in [1.54, 1.807) is 6.08 Å². The fourth-order valence-electron chi connectivity index (χ4n) is 1.98. The Kier molecular flexibility index (Phi) is 5.31. The summed E-state index contributed by atoms with van der Waals surface area (Å²) in [5, 5.41) is 0. The molecule has 0 unspecified atom stereocenters. The smallest absolute Gasteiger partial charge is 0.303 e. The van der Waals surface area contributed by atoms with Crippen LogP contribution < -0.4 is 0 Å². The zero-order chi connectivity index (χ0) is 14.5. The molecule has 0 aromatic heterocycles. The summed E-state index contributed by atoms with van der Waals surface area (Å²) in [6, 6.07) is 0. The summed E-state index contributed by atoms with van der Waals surface area (Å²) in [5.74, 6) is 2.01. The summed E-state index contributed by atoms with van der Waals surface area (Å²) >= 11 is 0. The minimum atomic E-state index is -1.28. The normalized spacial score (nSPS) is 33.4. The third kappa shape index (κ3) is 2.87. The van der Waals surface area contributed by atoms with E-state index in [2.05, 4.69) is 19.1 Å². The number of carbonyl (C=O) groups is 1. The topological polar surface area (TPSA) is 54.0 Å². The van der Waals surface area contributed by atoms with Crippen molar-refractivity contribution in [1.82, 2.24) is 0 Å². The van der Waals surface area contributed by atoms with Crippen molar-refractivity contribution in [1.29, 1.82) is 0 Å². The SMILES string of the molecule is C#C[C@@]1(OCC=C)[C@@H](C=C)O[C@@H](OC)[C@@H]1OC(C)=O. The number of esters is 1. The second-order valence-corrected chi connectivity index (χ2v) is 3.96. The van der Waals surface area contributed by atoms with Gasteiger partial charge in [0.2, 0.25) is 0 Å². The van der Waals surface area contributed by atoms with Gasteiger partial charge in [-0.3, -0.25) is 4.79 Å². The van der Waals surface area contributed by atoms with Gasteiger partial charge in [-0.15, -0.1) is 19.6 Å². The lowest BCUT2D eigenvalue weighted by Gasteiger charge is -2.31. The van der Waals surface area contributed by atoms with Crippen molar-refractivity contribution in [3.63, 3.8) is 0 Å². The molecule has 1 fully saturated rings. The average molecular weight is 266 g/mol. The summed E-state index contributed by atoms with van der Waals surface area (Å²) in [6.45, 7) is 8.68. The maximum absolute atomic E-state index is 11.2. The predicted octanol–water partition coefficient (Wildman–Crippen LogP) is 1.05. The Labute approximate surface area is 113 Å². The van der Waals surface area contributed by atoms with Gasteiger partial charge >= 0.3 is 5.97 Å². The number of hydrogen-bond donors (Lipinski definition) is 0. The van der Waals surface area contributed by atoms with E-state index in [4.69, 9.17) is 25.4 Å². The lowest BCUT2D eigenvalue weighted by Crippen LogP contribution is -2.51. The van der Waals surface area contributed by atoms with E-state index < -0.39 is 30.1 Å². The first-order valence-electron chi connectivity index (χ1n) is 5.76. The van der Waals surface area contributed by atoms with Crippen LogP contribution in [0.2, 0.25) is 0 Å². The van der Waals surface area contributed by atoms with Crippen molar-refractivity contribution in [3.8, 4) is 12.3 Å². The van der Waals surface area contributed by atoms with Gasteiger partial charge in [0.1, 0.15) is 6.10 Å². The van der Waals surface area contributed by atoms with E-state index in [1.807, 2.05) is 0 Å². The zero-order valence-corrected chi connectivity index (χ0v) is 11.1. The van der Waals surface area contributed by atoms with Crippen LogP contribution in [0.25, 0.3) is 0 Å². The quantitative estimate of drug-likeness (QED) is 0.408. The zero-order valence-electron chi connectivity index (χ0n) is 11.1. The van der Waals surface area contributed by atoms with Gasteiger partial charge in [-0.05, 0) is 0 Å². The second-order valence-electron chi connectivity index (χ2n) is 3.96. The summed E-state index contributed by atoms with van der Waals surface area (Å²) in [4.78, 5) is 11.2. The summed E-state index contributed by atoms with van der Waals surface area (Å²) in [5.41, 5.74) is -1.28. The van der Waals surface area contributed by atoms with Gasteiger partial charge in [0.05, 0.1) is 6.61 Å². The highest BCUT2D eigenvalue weighted by Crippen LogP contribution is 2.37. The van der Waals surface area contributed by atoms with E-state index in [0.29, 0.717) is 0 Å². The van der Waals surface area contributed by atoms with Gasteiger partial charge in [-0.25, -0.2) is 0 Å². The highest BCUT2D eigenvalue weighted by atomic mass is 16.7. The van der Waals surface area contributed by atoms with E-state index in [0.717, 1.165) is 0 Å². The second kappa shape index (κ2) is 6.53. The van der Waals surface area contributed by atoms with Gasteiger partial charge in [-0.1, -0.05) is 18.1 Å². The highest BCUT2D eigenvalue weighted by Gasteiger charge is 2.58. The fourth-order valence-corrected chi connectivity index (χ4v) is 1.98. The number of terminal acetylenes is 1. The van der Waals surface area contributed by atoms with Crippen molar-refractivity contribution in [2.45, 2.75) is 31.0 Å². The van der Waals surface area contributed by atoms with Crippen LogP contribution in [0.1, 0.15) is 6.92 Å². The molecular weight excluding hydrogens is 248 g/mol. The molecule has 0 aliphatic carbocycles. The fraction of sp³-hybridized carbons (Fsp3) is 0.500. The van der Waals surface area contributed by atoms with Crippen molar-refractivity contribution in [2.75, 3.05) is 13.7 Å². The van der Waals surface area contributed by atoms with E-state index in [1.165, 1.54) is 20.1 Å². The molecular formula is C14H18O5. The summed E-state index contributed by atoms with van der Waals surface area (Å²) < 4.78 is 21.5. The number of hydrogen-bond acceptors (Lipinski definition) is 5. The minimum absolute atomic E-state index is 0.187. The van der Waals surface area contributed by atoms with Gasteiger partial charge < -0.3 is 18.9 Å². The Morgan fingerprint density at radius 3 is 2.68 bits per heavy atom. The molecule has 1 aliphatic heterocycles. The molecule has 5 heteroatoms. The third-order valence-corrected chi connectivity index (χ3v) is 2.78. The molecule has 0 radical (unpaired) electrons. The first-order valence-corrected chi connectivity index (χ1v) is 5.76. The average Bonchev–Trinajstić information content (AvgIpc) is 2.69. The summed E-state index contributed by atoms with van der Waals surface area (Å²) in [6.07, 6.45) is 6.29. The van der Waals surface area contributed by atoms with Crippen molar-refractivity contribution < 1.29 is 23.7 Å². The molecule has 0 aromatic carbocycles. The van der Waals surface area contributed by atoms with Crippen molar-refractivity contribution >= 4 is 5.97 Å². The van der Waals surface area contributed by atoms with E-state index in [9.17, 15) is 4.79 Å². The molecule has 104 valence electrons. The van der Waals surface area contributed by atoms with Crippen LogP contribution in [0.3, 0.4) is 0 Å². The van der Waals surface area contributed by atoms with Crippen LogP contribution in [0.4, 0.5) is 0 Å². The summed E-state index contributed by atoms with van der Waals surface area (Å²) in [7, 11) is 1.43. The Balaban J connectivity index is 3.15. The molecule has 1 rings (SSSR count). The highest BCUT2D eigenvalue weighted by molar-refractivity contribution is 5.66. The van der Waals surface area contributed by atoms with Gasteiger partial charge in [-0.2, -0.15) is 0 Å². The van der Waals surface area contributed by atoms with Crippen LogP contribution in [0, 0.1) is 12.3 Å². The van der Waals surface area contributed by atoms with E-state index in [-0.39, 0.29) is 6.61 Å². The largest absolute Gasteiger partial charge is 0.453 e. The lowest BCUT2D eigenvalue weighted by molar-refractivity contribution is -0.181. The predicted molar refractivity (Wildman–Crippen MR) is 69.1 cm³/mol. The first kappa shape index (κ1) is 15.4. The van der Waals surface area contributed by atoms with Crippen LogP contribution in [-0.4, -0.2) is 43.8 Å². The molecule has 1 saturated heterocycles. The Hall–Kier alpha value is -1.61. The Morgan fingerprint density at radius 1 is 1.58 bits per heavy atom. The standard InChI is InChI=1S/C14H18O5/c1-6-9-17-14(8-3)11(7-2)19-13(16-5)12(14)18-10(4)15/h3,6-7,11-13H,1-2,9H2,4-5H3/t11-,12+,13-,14-/m1/s1. The lowest BCUT2D eigenvalue weighted by atomic mass is 9.92. The monoisotopic (exact) mass is 266 g/mol. The molecule has 0 aromatic rings. The molecule has 19 heavy (non-hydrogen) atoms. The molecule has 1 heterocycles. The Bertz CT molecular complexity index is 397. The van der Waals surface area contributed by atoms with Gasteiger partial charge in [0.15, 0.2) is 18.0 Å². The number of ether oxygens (including phenoxy) is 4. The van der Waals surface area contributed by atoms with Crippen molar-refractivity contribution in [3.05, 3.63) is 25.3 Å². The molecule has 0 N–H and O–H groups in total. The van der Waals surface area contributed by atoms with Crippen LogP contribution in [0.5, 0.6) is 0 Å². The maximum Gasteiger partial charge on any atom is 0.303 e. The van der Waals surface area contributed by atoms with Crippen LogP contribution in [-0.2, 0) is 23.7 Å². The van der Waals surface area contributed by atoms with E-state index >= 15 is 0 Å². The third-order valence-electron chi connectivity index (χ3n) is 2.78. The molecule has 4 atom stereocenters. The molecule has 0 saturated carbocycles. The molecule has 5 nitrogen and oxygen atoms in total. The first-order chi connectivity index (χ1) is 9.05.